The smallest absolute Gasteiger partial charge is 0.224 e. The molecule has 4 N–H and O–H groups in total. The molecule has 0 aliphatic heterocycles. The highest BCUT2D eigenvalue weighted by Gasteiger charge is 2.08. The highest BCUT2D eigenvalue weighted by atomic mass is 16.1. The Morgan fingerprint density at radius 2 is 2.24 bits per heavy atom. The van der Waals surface area contributed by atoms with Gasteiger partial charge in [0.25, 0.3) is 0 Å². The van der Waals surface area contributed by atoms with Crippen LogP contribution in [-0.4, -0.2) is 28.5 Å². The quantitative estimate of drug-likeness (QED) is 0.683. The lowest BCUT2D eigenvalue weighted by molar-refractivity contribution is -0.118. The summed E-state index contributed by atoms with van der Waals surface area (Å²) in [7, 11) is 0. The van der Waals surface area contributed by atoms with Gasteiger partial charge >= 0.3 is 0 Å². The van der Waals surface area contributed by atoms with Crippen LogP contribution >= 0.6 is 0 Å². The predicted molar refractivity (Wildman–Crippen MR) is 67.8 cm³/mol. The Kier molecular flexibility index (Phi) is 4.68. The van der Waals surface area contributed by atoms with Gasteiger partial charge in [-0.3, -0.25) is 4.79 Å². The number of amides is 1. The van der Waals surface area contributed by atoms with Crippen molar-refractivity contribution in [3.8, 4) is 0 Å². The molecule has 0 fully saturated rings. The van der Waals surface area contributed by atoms with Crippen molar-refractivity contribution in [3.63, 3.8) is 0 Å². The van der Waals surface area contributed by atoms with E-state index < -0.39 is 0 Å². The molecule has 6 heteroatoms. The van der Waals surface area contributed by atoms with E-state index in [0.29, 0.717) is 11.8 Å². The minimum absolute atomic E-state index is 0.0451. The van der Waals surface area contributed by atoms with Crippen molar-refractivity contribution >= 4 is 17.7 Å². The van der Waals surface area contributed by atoms with Crippen LogP contribution in [0.3, 0.4) is 0 Å². The number of nitrogens with two attached hydrogens (primary N) is 1. The second-order valence-corrected chi connectivity index (χ2v) is 3.96. The monoisotopic (exact) mass is 237 g/mol. The fourth-order valence-corrected chi connectivity index (χ4v) is 1.48. The number of hydrogen-bond acceptors (Lipinski definition) is 5. The molecule has 1 aromatic heterocycles. The van der Waals surface area contributed by atoms with Crippen LogP contribution in [0, 0.1) is 6.92 Å². The number of rotatable bonds is 6. The van der Waals surface area contributed by atoms with Crippen LogP contribution in [0.25, 0.3) is 0 Å². The Bertz CT molecular complexity index is 393. The molecule has 1 aromatic rings. The topological polar surface area (TPSA) is 92.9 Å². The fourth-order valence-electron chi connectivity index (χ4n) is 1.48. The van der Waals surface area contributed by atoms with Crippen molar-refractivity contribution in [2.24, 2.45) is 5.73 Å². The second-order valence-electron chi connectivity index (χ2n) is 3.96. The second kappa shape index (κ2) is 6.03. The SMILES string of the molecule is CCNc1nc(C)cc(NC(C)CC(N)=O)n1. The van der Waals surface area contributed by atoms with Gasteiger partial charge in [-0.1, -0.05) is 0 Å². The van der Waals surface area contributed by atoms with E-state index >= 15 is 0 Å². The largest absolute Gasteiger partial charge is 0.370 e. The van der Waals surface area contributed by atoms with Gasteiger partial charge in [0.1, 0.15) is 5.82 Å². The zero-order valence-corrected chi connectivity index (χ0v) is 10.4. The number of aromatic nitrogens is 2. The average molecular weight is 237 g/mol. The van der Waals surface area contributed by atoms with Crippen molar-refractivity contribution in [1.29, 1.82) is 0 Å². The van der Waals surface area contributed by atoms with Crippen LogP contribution < -0.4 is 16.4 Å². The summed E-state index contributed by atoms with van der Waals surface area (Å²) in [5, 5.41) is 6.17. The number of primary amides is 1. The van der Waals surface area contributed by atoms with Gasteiger partial charge in [-0.25, -0.2) is 4.98 Å². The molecule has 6 nitrogen and oxygen atoms in total. The summed E-state index contributed by atoms with van der Waals surface area (Å²) in [5.41, 5.74) is 6.00. The molecule has 0 aliphatic carbocycles. The van der Waals surface area contributed by atoms with Gasteiger partial charge in [-0.2, -0.15) is 4.98 Å². The summed E-state index contributed by atoms with van der Waals surface area (Å²) in [6.45, 7) is 6.52. The van der Waals surface area contributed by atoms with E-state index in [9.17, 15) is 4.79 Å². The van der Waals surface area contributed by atoms with Crippen LogP contribution in [0.15, 0.2) is 6.07 Å². The third-order valence-corrected chi connectivity index (χ3v) is 2.09. The zero-order chi connectivity index (χ0) is 12.8. The normalized spacial score (nSPS) is 11.9. The summed E-state index contributed by atoms with van der Waals surface area (Å²) >= 11 is 0. The molecule has 1 amide bonds. The van der Waals surface area contributed by atoms with Gasteiger partial charge in [0.05, 0.1) is 0 Å². The zero-order valence-electron chi connectivity index (χ0n) is 10.4. The molecule has 1 heterocycles. The number of nitrogens with zero attached hydrogens (tertiary/aromatic N) is 2. The molecule has 17 heavy (non-hydrogen) atoms. The van der Waals surface area contributed by atoms with Crippen LogP contribution in [0.1, 0.15) is 26.0 Å². The number of carbonyl (C=O) groups is 1. The van der Waals surface area contributed by atoms with E-state index in [1.54, 1.807) is 0 Å². The van der Waals surface area contributed by atoms with E-state index in [1.165, 1.54) is 0 Å². The van der Waals surface area contributed by atoms with Crippen LogP contribution in [-0.2, 0) is 4.79 Å². The van der Waals surface area contributed by atoms with Gasteiger partial charge in [0.15, 0.2) is 0 Å². The molecule has 0 spiro atoms. The lowest BCUT2D eigenvalue weighted by Gasteiger charge is -2.14. The molecule has 0 bridgehead atoms. The highest BCUT2D eigenvalue weighted by Crippen LogP contribution is 2.11. The molecule has 1 rings (SSSR count). The standard InChI is InChI=1S/C11H19N5O/c1-4-13-11-15-8(3)6-10(16-11)14-7(2)5-9(12)17/h6-7H,4-5H2,1-3H3,(H2,12,17)(H2,13,14,15,16). The average Bonchev–Trinajstić information content (AvgIpc) is 2.14. The first kappa shape index (κ1) is 13.2. The van der Waals surface area contributed by atoms with Gasteiger partial charge in [0, 0.05) is 30.8 Å². The first-order valence-corrected chi connectivity index (χ1v) is 5.65. The molecule has 0 saturated heterocycles. The van der Waals surface area contributed by atoms with Gasteiger partial charge in [-0.05, 0) is 20.8 Å². The molecule has 94 valence electrons. The van der Waals surface area contributed by atoms with Crippen molar-refractivity contribution in [1.82, 2.24) is 9.97 Å². The van der Waals surface area contributed by atoms with E-state index in [1.807, 2.05) is 26.8 Å². The Morgan fingerprint density at radius 3 is 2.82 bits per heavy atom. The molecule has 1 atom stereocenters. The lowest BCUT2D eigenvalue weighted by Crippen LogP contribution is -2.24. The highest BCUT2D eigenvalue weighted by molar-refractivity contribution is 5.74. The van der Waals surface area contributed by atoms with Gasteiger partial charge in [0.2, 0.25) is 11.9 Å². The lowest BCUT2D eigenvalue weighted by atomic mass is 10.2. The van der Waals surface area contributed by atoms with Crippen molar-refractivity contribution in [3.05, 3.63) is 11.8 Å². The van der Waals surface area contributed by atoms with Crippen LogP contribution in [0.4, 0.5) is 11.8 Å². The first-order valence-electron chi connectivity index (χ1n) is 5.65. The van der Waals surface area contributed by atoms with E-state index in [2.05, 4.69) is 20.6 Å². The van der Waals surface area contributed by atoms with Crippen molar-refractivity contribution in [2.75, 3.05) is 17.2 Å². The molecular formula is C11H19N5O. The number of carbonyl (C=O) groups excluding carboxylic acids is 1. The van der Waals surface area contributed by atoms with E-state index in [0.717, 1.165) is 12.2 Å². The molecule has 0 aliphatic rings. The molecule has 0 aromatic carbocycles. The third kappa shape index (κ3) is 4.67. The predicted octanol–water partition coefficient (Wildman–Crippen LogP) is 0.893. The number of hydrogen-bond donors (Lipinski definition) is 3. The summed E-state index contributed by atoms with van der Waals surface area (Å²) in [6.07, 6.45) is 0.277. The number of nitrogens with one attached hydrogen (secondary N) is 2. The Morgan fingerprint density at radius 1 is 1.53 bits per heavy atom. The minimum Gasteiger partial charge on any atom is -0.370 e. The van der Waals surface area contributed by atoms with E-state index in [4.69, 9.17) is 5.73 Å². The third-order valence-electron chi connectivity index (χ3n) is 2.09. The molecule has 0 radical (unpaired) electrons. The summed E-state index contributed by atoms with van der Waals surface area (Å²) < 4.78 is 0. The number of aryl methyl sites for hydroxylation is 1. The maximum absolute atomic E-state index is 10.8. The van der Waals surface area contributed by atoms with Crippen LogP contribution in [0.2, 0.25) is 0 Å². The summed E-state index contributed by atoms with van der Waals surface area (Å²) in [4.78, 5) is 19.3. The maximum atomic E-state index is 10.8. The maximum Gasteiger partial charge on any atom is 0.224 e. The van der Waals surface area contributed by atoms with Crippen molar-refractivity contribution < 1.29 is 4.79 Å². The Hall–Kier alpha value is -1.85. The van der Waals surface area contributed by atoms with Gasteiger partial charge < -0.3 is 16.4 Å². The molecule has 0 saturated carbocycles. The number of anilines is 2. The Balaban J connectivity index is 2.72. The van der Waals surface area contributed by atoms with E-state index in [-0.39, 0.29) is 18.4 Å². The van der Waals surface area contributed by atoms with Gasteiger partial charge in [-0.15, -0.1) is 0 Å². The van der Waals surface area contributed by atoms with Crippen LogP contribution in [0.5, 0.6) is 0 Å². The molecule has 1 unspecified atom stereocenters. The first-order chi connectivity index (χ1) is 8.01. The minimum atomic E-state index is -0.331. The Labute approximate surface area is 101 Å². The molecular weight excluding hydrogens is 218 g/mol. The van der Waals surface area contributed by atoms with Crippen molar-refractivity contribution in [2.45, 2.75) is 33.2 Å². The summed E-state index contributed by atoms with van der Waals surface area (Å²) in [6, 6.07) is 1.79. The summed E-state index contributed by atoms with van der Waals surface area (Å²) in [5.74, 6) is 0.950. The fraction of sp³-hybridized carbons (Fsp3) is 0.545.